The SMILES string of the molecule is O=C(O)C1CCCN1c1cc(N2CCSCC2)ncn1. The second-order valence-corrected chi connectivity index (χ2v) is 6.25. The number of aliphatic carboxylic acids is 1. The minimum absolute atomic E-state index is 0.449. The van der Waals surface area contributed by atoms with Crippen molar-refractivity contribution in [1.82, 2.24) is 9.97 Å². The van der Waals surface area contributed by atoms with Gasteiger partial charge in [0.05, 0.1) is 0 Å². The van der Waals surface area contributed by atoms with Crippen molar-refractivity contribution in [3.63, 3.8) is 0 Å². The summed E-state index contributed by atoms with van der Waals surface area (Å²) in [7, 11) is 0. The fraction of sp³-hybridized carbons (Fsp3) is 0.615. The standard InChI is InChI=1S/C13H18N4O2S/c18-13(19)10-2-1-3-17(10)12-8-11(14-9-15-12)16-4-6-20-7-5-16/h8-10H,1-7H2,(H,18,19). The Bertz CT molecular complexity index is 493. The second kappa shape index (κ2) is 5.87. The number of carboxylic acids is 1. The van der Waals surface area contributed by atoms with E-state index in [9.17, 15) is 9.90 Å². The predicted molar refractivity (Wildman–Crippen MR) is 79.6 cm³/mol. The molecule has 0 aromatic carbocycles. The number of rotatable bonds is 3. The first-order valence-corrected chi connectivity index (χ1v) is 8.05. The van der Waals surface area contributed by atoms with Gasteiger partial charge in [-0.3, -0.25) is 0 Å². The molecule has 0 amide bonds. The molecule has 7 heteroatoms. The van der Waals surface area contributed by atoms with Crippen LogP contribution in [-0.4, -0.2) is 58.2 Å². The van der Waals surface area contributed by atoms with E-state index in [1.54, 1.807) is 6.33 Å². The molecular formula is C13H18N4O2S. The molecule has 1 N–H and O–H groups in total. The van der Waals surface area contributed by atoms with Crippen LogP contribution in [0.15, 0.2) is 12.4 Å². The van der Waals surface area contributed by atoms with Gasteiger partial charge in [0.2, 0.25) is 0 Å². The highest BCUT2D eigenvalue weighted by Crippen LogP contribution is 2.26. The lowest BCUT2D eigenvalue weighted by Gasteiger charge is -2.29. The van der Waals surface area contributed by atoms with E-state index in [1.807, 2.05) is 22.7 Å². The van der Waals surface area contributed by atoms with Gasteiger partial charge in [0.15, 0.2) is 0 Å². The largest absolute Gasteiger partial charge is 0.480 e. The molecule has 1 aromatic heterocycles. The monoisotopic (exact) mass is 294 g/mol. The van der Waals surface area contributed by atoms with E-state index in [4.69, 9.17) is 0 Å². The zero-order valence-corrected chi connectivity index (χ0v) is 12.1. The highest BCUT2D eigenvalue weighted by Gasteiger charge is 2.31. The molecule has 2 fully saturated rings. The van der Waals surface area contributed by atoms with Gasteiger partial charge in [-0.25, -0.2) is 14.8 Å². The molecule has 1 atom stereocenters. The van der Waals surface area contributed by atoms with Crippen molar-refractivity contribution >= 4 is 29.4 Å². The van der Waals surface area contributed by atoms with Crippen molar-refractivity contribution in [3.05, 3.63) is 12.4 Å². The van der Waals surface area contributed by atoms with Crippen LogP contribution in [0.1, 0.15) is 12.8 Å². The Balaban J connectivity index is 1.81. The van der Waals surface area contributed by atoms with Gasteiger partial charge in [-0.05, 0) is 12.8 Å². The van der Waals surface area contributed by atoms with E-state index in [0.717, 1.165) is 49.2 Å². The maximum Gasteiger partial charge on any atom is 0.326 e. The highest BCUT2D eigenvalue weighted by atomic mass is 32.2. The molecule has 0 spiro atoms. The fourth-order valence-electron chi connectivity index (χ4n) is 2.76. The molecule has 2 saturated heterocycles. The van der Waals surface area contributed by atoms with E-state index in [-0.39, 0.29) is 0 Å². The van der Waals surface area contributed by atoms with E-state index in [1.165, 1.54) is 0 Å². The first-order valence-electron chi connectivity index (χ1n) is 6.90. The Morgan fingerprint density at radius 2 is 2.00 bits per heavy atom. The minimum Gasteiger partial charge on any atom is -0.480 e. The van der Waals surface area contributed by atoms with Gasteiger partial charge < -0.3 is 14.9 Å². The number of carbonyl (C=O) groups is 1. The summed E-state index contributed by atoms with van der Waals surface area (Å²) in [6.45, 7) is 2.73. The maximum absolute atomic E-state index is 11.3. The van der Waals surface area contributed by atoms with Gasteiger partial charge >= 0.3 is 5.97 Å². The van der Waals surface area contributed by atoms with Gasteiger partial charge in [0.25, 0.3) is 0 Å². The Morgan fingerprint density at radius 1 is 1.25 bits per heavy atom. The summed E-state index contributed by atoms with van der Waals surface area (Å²) < 4.78 is 0. The zero-order valence-electron chi connectivity index (χ0n) is 11.2. The summed E-state index contributed by atoms with van der Waals surface area (Å²) in [5.41, 5.74) is 0. The second-order valence-electron chi connectivity index (χ2n) is 5.02. The molecule has 0 bridgehead atoms. The Kier molecular flexibility index (Phi) is 3.95. The number of carboxylic acid groups (broad SMARTS) is 1. The molecule has 2 aliphatic heterocycles. The van der Waals surface area contributed by atoms with Gasteiger partial charge in [-0.15, -0.1) is 0 Å². The van der Waals surface area contributed by atoms with Crippen molar-refractivity contribution in [2.45, 2.75) is 18.9 Å². The smallest absolute Gasteiger partial charge is 0.326 e. The number of hydrogen-bond acceptors (Lipinski definition) is 6. The van der Waals surface area contributed by atoms with Gasteiger partial charge in [-0.1, -0.05) is 0 Å². The summed E-state index contributed by atoms with van der Waals surface area (Å²) in [5, 5.41) is 9.26. The summed E-state index contributed by atoms with van der Waals surface area (Å²) in [5.74, 6) is 3.10. The van der Waals surface area contributed by atoms with Crippen LogP contribution in [0.25, 0.3) is 0 Å². The summed E-state index contributed by atoms with van der Waals surface area (Å²) in [6, 6.07) is 1.48. The van der Waals surface area contributed by atoms with Crippen LogP contribution in [0.3, 0.4) is 0 Å². The molecule has 20 heavy (non-hydrogen) atoms. The van der Waals surface area contributed by atoms with Gasteiger partial charge in [0.1, 0.15) is 24.0 Å². The van der Waals surface area contributed by atoms with Crippen LogP contribution in [0.5, 0.6) is 0 Å². The number of thioether (sulfide) groups is 1. The molecule has 0 saturated carbocycles. The Morgan fingerprint density at radius 3 is 2.75 bits per heavy atom. The first kappa shape index (κ1) is 13.5. The quantitative estimate of drug-likeness (QED) is 0.894. The number of anilines is 2. The third-order valence-corrected chi connectivity index (χ3v) is 4.75. The average molecular weight is 294 g/mol. The molecule has 1 unspecified atom stereocenters. The number of hydrogen-bond donors (Lipinski definition) is 1. The third kappa shape index (κ3) is 2.67. The molecule has 3 rings (SSSR count). The normalized spacial score (nSPS) is 23.1. The third-order valence-electron chi connectivity index (χ3n) is 3.81. The molecule has 2 aliphatic rings. The van der Waals surface area contributed by atoms with E-state index >= 15 is 0 Å². The van der Waals surface area contributed by atoms with Crippen LogP contribution in [0, 0.1) is 0 Å². The van der Waals surface area contributed by atoms with Crippen LogP contribution in [0.2, 0.25) is 0 Å². The lowest BCUT2D eigenvalue weighted by Crippen LogP contribution is -2.37. The molecular weight excluding hydrogens is 276 g/mol. The van der Waals surface area contributed by atoms with Gasteiger partial charge in [-0.2, -0.15) is 11.8 Å². The van der Waals surface area contributed by atoms with Crippen LogP contribution in [-0.2, 0) is 4.79 Å². The Hall–Kier alpha value is -1.50. The van der Waals surface area contributed by atoms with Crippen molar-refractivity contribution in [3.8, 4) is 0 Å². The van der Waals surface area contributed by atoms with E-state index in [2.05, 4.69) is 14.9 Å². The zero-order chi connectivity index (χ0) is 13.9. The lowest BCUT2D eigenvalue weighted by molar-refractivity contribution is -0.138. The van der Waals surface area contributed by atoms with Crippen LogP contribution >= 0.6 is 11.8 Å². The minimum atomic E-state index is -0.767. The van der Waals surface area contributed by atoms with E-state index < -0.39 is 12.0 Å². The molecule has 3 heterocycles. The summed E-state index contributed by atoms with van der Waals surface area (Å²) >= 11 is 1.95. The van der Waals surface area contributed by atoms with Gasteiger partial charge in [0, 0.05) is 37.2 Å². The topological polar surface area (TPSA) is 69.6 Å². The van der Waals surface area contributed by atoms with Crippen molar-refractivity contribution < 1.29 is 9.90 Å². The maximum atomic E-state index is 11.3. The van der Waals surface area contributed by atoms with Crippen LogP contribution in [0.4, 0.5) is 11.6 Å². The van der Waals surface area contributed by atoms with Crippen molar-refractivity contribution in [2.24, 2.45) is 0 Å². The van der Waals surface area contributed by atoms with Crippen molar-refractivity contribution in [2.75, 3.05) is 40.9 Å². The van der Waals surface area contributed by atoms with Crippen molar-refractivity contribution in [1.29, 1.82) is 0 Å². The molecule has 6 nitrogen and oxygen atoms in total. The summed E-state index contributed by atoms with van der Waals surface area (Å²) in [6.07, 6.45) is 3.13. The highest BCUT2D eigenvalue weighted by molar-refractivity contribution is 7.99. The molecule has 1 aromatic rings. The number of aromatic nitrogens is 2. The molecule has 0 radical (unpaired) electrons. The van der Waals surface area contributed by atoms with Crippen LogP contribution < -0.4 is 9.80 Å². The molecule has 108 valence electrons. The van der Waals surface area contributed by atoms with E-state index in [0.29, 0.717) is 6.42 Å². The Labute approximate surface area is 122 Å². The number of nitrogens with zero attached hydrogens (tertiary/aromatic N) is 4. The molecule has 0 aliphatic carbocycles. The summed E-state index contributed by atoms with van der Waals surface area (Å²) in [4.78, 5) is 24.0. The fourth-order valence-corrected chi connectivity index (χ4v) is 3.66. The predicted octanol–water partition coefficient (Wildman–Crippen LogP) is 1.08. The first-order chi connectivity index (χ1) is 9.75. The lowest BCUT2D eigenvalue weighted by atomic mass is 10.2. The average Bonchev–Trinajstić information content (AvgIpc) is 2.98.